The molecule has 106 valence electrons. The third-order valence-corrected chi connectivity index (χ3v) is 3.66. The van der Waals surface area contributed by atoms with E-state index in [2.05, 4.69) is 24.1 Å². The minimum Gasteiger partial charge on any atom is -0.480 e. The van der Waals surface area contributed by atoms with Crippen molar-refractivity contribution in [2.75, 3.05) is 11.4 Å². The van der Waals surface area contributed by atoms with Crippen LogP contribution in [-0.2, 0) is 11.8 Å². The van der Waals surface area contributed by atoms with E-state index in [-0.39, 0.29) is 6.04 Å². The Kier molecular flexibility index (Phi) is 4.14. The van der Waals surface area contributed by atoms with Crippen LogP contribution in [0.4, 0.5) is 5.69 Å². The minimum atomic E-state index is -0.726. The summed E-state index contributed by atoms with van der Waals surface area (Å²) in [4.78, 5) is 13.5. The number of hydrogen-bond donors (Lipinski definition) is 2. The summed E-state index contributed by atoms with van der Waals surface area (Å²) < 4.78 is 1.96. The molecule has 0 spiro atoms. The van der Waals surface area contributed by atoms with Crippen LogP contribution in [0.5, 0.6) is 0 Å². The van der Waals surface area contributed by atoms with Crippen LogP contribution in [0.2, 0.25) is 0 Å². The number of carboxylic acid groups (broad SMARTS) is 1. The lowest BCUT2D eigenvalue weighted by molar-refractivity contribution is -0.138. The van der Waals surface area contributed by atoms with Crippen molar-refractivity contribution in [1.29, 1.82) is 0 Å². The zero-order valence-electron chi connectivity index (χ0n) is 11.8. The average Bonchev–Trinajstić information content (AvgIpc) is 2.91. The molecule has 0 saturated carbocycles. The molecule has 5 heteroatoms. The van der Waals surface area contributed by atoms with E-state index in [1.807, 2.05) is 30.1 Å². The van der Waals surface area contributed by atoms with Crippen molar-refractivity contribution in [3.63, 3.8) is 0 Å². The van der Waals surface area contributed by atoms with Crippen LogP contribution >= 0.6 is 0 Å². The van der Waals surface area contributed by atoms with E-state index in [0.717, 1.165) is 18.7 Å². The molecule has 5 nitrogen and oxygen atoms in total. The van der Waals surface area contributed by atoms with Crippen LogP contribution in [0, 0.1) is 0 Å². The maximum Gasteiger partial charge on any atom is 0.326 e. The van der Waals surface area contributed by atoms with Crippen molar-refractivity contribution in [2.24, 2.45) is 7.05 Å². The highest BCUT2D eigenvalue weighted by atomic mass is 16.4. The highest BCUT2D eigenvalue weighted by Crippen LogP contribution is 2.30. The second-order valence-electron chi connectivity index (χ2n) is 5.59. The van der Waals surface area contributed by atoms with Crippen LogP contribution in [0.3, 0.4) is 0 Å². The van der Waals surface area contributed by atoms with Gasteiger partial charge in [-0.1, -0.05) is 13.8 Å². The Morgan fingerprint density at radius 1 is 1.53 bits per heavy atom. The number of aromatic nitrogens is 1. The molecule has 1 aliphatic rings. The predicted octanol–water partition coefficient (Wildman–Crippen LogP) is 1.45. The van der Waals surface area contributed by atoms with Gasteiger partial charge in [0.15, 0.2) is 0 Å². The van der Waals surface area contributed by atoms with Crippen molar-refractivity contribution in [3.05, 3.63) is 18.5 Å². The number of carbonyl (C=O) groups is 1. The number of nitrogens with zero attached hydrogens (tertiary/aromatic N) is 2. The fourth-order valence-corrected chi connectivity index (χ4v) is 2.73. The van der Waals surface area contributed by atoms with Gasteiger partial charge in [-0.15, -0.1) is 0 Å². The summed E-state index contributed by atoms with van der Waals surface area (Å²) in [5.74, 6) is -0.726. The molecule has 2 atom stereocenters. The predicted molar refractivity (Wildman–Crippen MR) is 75.5 cm³/mol. The molecule has 0 bridgehead atoms. The first-order valence-corrected chi connectivity index (χ1v) is 6.85. The van der Waals surface area contributed by atoms with Crippen molar-refractivity contribution in [2.45, 2.75) is 44.8 Å². The van der Waals surface area contributed by atoms with Crippen molar-refractivity contribution in [1.82, 2.24) is 9.88 Å². The van der Waals surface area contributed by atoms with Crippen LogP contribution in [-0.4, -0.2) is 40.3 Å². The number of carboxylic acids is 1. The Morgan fingerprint density at radius 3 is 2.79 bits per heavy atom. The van der Waals surface area contributed by atoms with Gasteiger partial charge in [-0.2, -0.15) is 0 Å². The molecule has 1 aromatic rings. The zero-order valence-corrected chi connectivity index (χ0v) is 11.8. The van der Waals surface area contributed by atoms with Crippen LogP contribution in [0.1, 0.15) is 26.7 Å². The average molecular weight is 265 g/mol. The maximum absolute atomic E-state index is 11.4. The normalized spacial score (nSPS) is 23.3. The van der Waals surface area contributed by atoms with E-state index < -0.39 is 12.0 Å². The second kappa shape index (κ2) is 5.65. The summed E-state index contributed by atoms with van der Waals surface area (Å²) in [5.41, 5.74) is 1.00. The Morgan fingerprint density at radius 2 is 2.26 bits per heavy atom. The molecule has 2 heterocycles. The van der Waals surface area contributed by atoms with Gasteiger partial charge < -0.3 is 19.9 Å². The maximum atomic E-state index is 11.4. The standard InChI is InChI=1S/C14H23N3O2/c1-10(2)15-8-11-4-5-13(14(18)19)17(11)12-6-7-16(3)9-12/h6-7,9-11,13,15H,4-5,8H2,1-3H3,(H,18,19)/t11-,13-/m1/s1. The monoisotopic (exact) mass is 265 g/mol. The molecule has 0 radical (unpaired) electrons. The van der Waals surface area contributed by atoms with Crippen LogP contribution in [0.25, 0.3) is 0 Å². The summed E-state index contributed by atoms with van der Waals surface area (Å²) in [7, 11) is 1.96. The number of anilines is 1. The molecule has 1 aromatic heterocycles. The van der Waals surface area contributed by atoms with Gasteiger partial charge in [-0.3, -0.25) is 0 Å². The molecule has 1 saturated heterocycles. The van der Waals surface area contributed by atoms with Crippen LogP contribution < -0.4 is 10.2 Å². The lowest BCUT2D eigenvalue weighted by Gasteiger charge is -2.30. The van der Waals surface area contributed by atoms with Gasteiger partial charge in [0.1, 0.15) is 6.04 Å². The number of aryl methyl sites for hydroxylation is 1. The number of hydrogen-bond acceptors (Lipinski definition) is 3. The van der Waals surface area contributed by atoms with E-state index in [1.165, 1.54) is 0 Å². The van der Waals surface area contributed by atoms with Crippen LogP contribution in [0.15, 0.2) is 18.5 Å². The second-order valence-corrected chi connectivity index (χ2v) is 5.59. The van der Waals surface area contributed by atoms with Crippen molar-refractivity contribution in [3.8, 4) is 0 Å². The fraction of sp³-hybridized carbons (Fsp3) is 0.643. The molecule has 0 amide bonds. The molecule has 2 rings (SSSR count). The molecule has 1 fully saturated rings. The number of aliphatic carboxylic acids is 1. The van der Waals surface area contributed by atoms with Gasteiger partial charge in [0, 0.05) is 38.1 Å². The minimum absolute atomic E-state index is 0.255. The Balaban J connectivity index is 2.17. The number of nitrogens with one attached hydrogen (secondary N) is 1. The largest absolute Gasteiger partial charge is 0.480 e. The Bertz CT molecular complexity index is 442. The summed E-state index contributed by atoms with van der Waals surface area (Å²) in [6.45, 7) is 5.04. The van der Waals surface area contributed by atoms with Gasteiger partial charge in [-0.25, -0.2) is 4.79 Å². The SMILES string of the molecule is CC(C)NC[C@H]1CC[C@H](C(=O)O)N1c1ccn(C)c1. The van der Waals surface area contributed by atoms with Gasteiger partial charge in [0.2, 0.25) is 0 Å². The molecule has 2 N–H and O–H groups in total. The molecular formula is C14H23N3O2. The summed E-state index contributed by atoms with van der Waals surface area (Å²) in [6, 6.07) is 2.26. The number of rotatable bonds is 5. The van der Waals surface area contributed by atoms with Gasteiger partial charge in [0.05, 0.1) is 5.69 Å². The molecule has 0 aromatic carbocycles. The Hall–Kier alpha value is -1.49. The zero-order chi connectivity index (χ0) is 14.0. The quantitative estimate of drug-likeness (QED) is 0.846. The van der Waals surface area contributed by atoms with E-state index in [1.54, 1.807) is 0 Å². The van der Waals surface area contributed by atoms with Crippen molar-refractivity contribution < 1.29 is 9.90 Å². The van der Waals surface area contributed by atoms with E-state index in [0.29, 0.717) is 12.5 Å². The molecule has 1 aliphatic heterocycles. The lowest BCUT2D eigenvalue weighted by Crippen LogP contribution is -2.46. The van der Waals surface area contributed by atoms with Crippen molar-refractivity contribution >= 4 is 11.7 Å². The van der Waals surface area contributed by atoms with Gasteiger partial charge in [0.25, 0.3) is 0 Å². The third kappa shape index (κ3) is 3.10. The van der Waals surface area contributed by atoms with E-state index in [4.69, 9.17) is 0 Å². The van der Waals surface area contributed by atoms with Gasteiger partial charge >= 0.3 is 5.97 Å². The first-order chi connectivity index (χ1) is 8.99. The Labute approximate surface area is 114 Å². The lowest BCUT2D eigenvalue weighted by atomic mass is 10.2. The molecule has 19 heavy (non-hydrogen) atoms. The summed E-state index contributed by atoms with van der Waals surface area (Å²) in [6.07, 6.45) is 5.59. The topological polar surface area (TPSA) is 57.5 Å². The summed E-state index contributed by atoms with van der Waals surface area (Å²) in [5, 5.41) is 12.8. The van der Waals surface area contributed by atoms with E-state index >= 15 is 0 Å². The highest BCUT2D eigenvalue weighted by molar-refractivity contribution is 5.79. The van der Waals surface area contributed by atoms with Gasteiger partial charge in [-0.05, 0) is 18.9 Å². The molecule has 0 unspecified atom stereocenters. The smallest absolute Gasteiger partial charge is 0.326 e. The molecule has 0 aliphatic carbocycles. The van der Waals surface area contributed by atoms with E-state index in [9.17, 15) is 9.90 Å². The third-order valence-electron chi connectivity index (χ3n) is 3.66. The summed E-state index contributed by atoms with van der Waals surface area (Å²) >= 11 is 0. The fourth-order valence-electron chi connectivity index (χ4n) is 2.73. The highest BCUT2D eigenvalue weighted by Gasteiger charge is 2.38. The molecular weight excluding hydrogens is 242 g/mol. The first-order valence-electron chi connectivity index (χ1n) is 6.85. The first kappa shape index (κ1) is 13.9.